The quantitative estimate of drug-likeness (QED) is 0.607. The molecule has 1 aromatic heterocycles. The van der Waals surface area contributed by atoms with Crippen LogP contribution in [0.15, 0.2) is 6.20 Å². The smallest absolute Gasteiger partial charge is 0.131 e. The van der Waals surface area contributed by atoms with Crippen molar-refractivity contribution in [3.63, 3.8) is 0 Å². The Morgan fingerprint density at radius 3 is 2.58 bits per heavy atom. The summed E-state index contributed by atoms with van der Waals surface area (Å²) in [6, 6.07) is 0. The second-order valence-corrected chi connectivity index (χ2v) is 4.50. The monoisotopic (exact) mass is 278 g/mol. The molecule has 0 aromatic carbocycles. The first-order valence-electron chi connectivity index (χ1n) is 3.63. The maximum Gasteiger partial charge on any atom is 0.131 e. The Morgan fingerprint density at radius 1 is 1.67 bits per heavy atom. The van der Waals surface area contributed by atoms with E-state index in [0.717, 1.165) is 15.6 Å². The molecule has 0 spiro atoms. The van der Waals surface area contributed by atoms with Gasteiger partial charge in [0.1, 0.15) is 6.29 Å². The zero-order valence-corrected chi connectivity index (χ0v) is 9.49. The molecular weight excluding hydrogens is 267 g/mol. The van der Waals surface area contributed by atoms with Crippen LogP contribution in [0.2, 0.25) is 0 Å². The average molecular weight is 278 g/mol. The third-order valence-corrected chi connectivity index (χ3v) is 2.48. The van der Waals surface area contributed by atoms with E-state index in [1.165, 1.54) is 0 Å². The van der Waals surface area contributed by atoms with Crippen LogP contribution in [0.1, 0.15) is 19.5 Å². The van der Waals surface area contributed by atoms with E-state index in [1.54, 1.807) is 4.68 Å². The molecule has 0 saturated heterocycles. The first-order valence-corrected chi connectivity index (χ1v) is 4.71. The molecule has 66 valence electrons. The zero-order valence-electron chi connectivity index (χ0n) is 7.34. The van der Waals surface area contributed by atoms with Gasteiger partial charge in [-0.1, -0.05) is 0 Å². The van der Waals surface area contributed by atoms with Crippen LogP contribution in [0.4, 0.5) is 0 Å². The van der Waals surface area contributed by atoms with Crippen molar-refractivity contribution in [1.29, 1.82) is 0 Å². The maximum absolute atomic E-state index is 10.7. The highest BCUT2D eigenvalue weighted by molar-refractivity contribution is 14.1. The molecule has 3 nitrogen and oxygen atoms in total. The van der Waals surface area contributed by atoms with Crippen molar-refractivity contribution in [3.8, 4) is 0 Å². The fraction of sp³-hybridized carbons (Fsp3) is 0.500. The minimum atomic E-state index is -0.474. The number of hydrogen-bond acceptors (Lipinski definition) is 2. The van der Waals surface area contributed by atoms with Gasteiger partial charge < -0.3 is 4.79 Å². The summed E-state index contributed by atoms with van der Waals surface area (Å²) in [5.74, 6) is 0. The predicted molar refractivity (Wildman–Crippen MR) is 55.0 cm³/mol. The minimum absolute atomic E-state index is 0.474. The van der Waals surface area contributed by atoms with E-state index in [-0.39, 0.29) is 0 Å². The SMILES string of the molecule is Cn1cc(I)c(C(C)(C)C=O)n1. The third-order valence-electron chi connectivity index (χ3n) is 1.69. The van der Waals surface area contributed by atoms with Crippen molar-refractivity contribution in [2.45, 2.75) is 19.3 Å². The molecule has 0 unspecified atom stereocenters. The van der Waals surface area contributed by atoms with Gasteiger partial charge in [0, 0.05) is 13.2 Å². The van der Waals surface area contributed by atoms with Crippen LogP contribution in [-0.2, 0) is 17.3 Å². The lowest BCUT2D eigenvalue weighted by Gasteiger charge is -2.13. The Morgan fingerprint density at radius 2 is 2.25 bits per heavy atom. The summed E-state index contributed by atoms with van der Waals surface area (Å²) in [5, 5.41) is 4.23. The van der Waals surface area contributed by atoms with Gasteiger partial charge in [-0.15, -0.1) is 0 Å². The zero-order chi connectivity index (χ0) is 9.35. The van der Waals surface area contributed by atoms with Crippen molar-refractivity contribution in [2.75, 3.05) is 0 Å². The molecule has 0 radical (unpaired) electrons. The summed E-state index contributed by atoms with van der Waals surface area (Å²) in [6.07, 6.45) is 2.83. The molecule has 4 heteroatoms. The molecular formula is C8H11IN2O. The third kappa shape index (κ3) is 1.68. The second-order valence-electron chi connectivity index (χ2n) is 3.34. The van der Waals surface area contributed by atoms with Gasteiger partial charge in [0.05, 0.1) is 14.7 Å². The highest BCUT2D eigenvalue weighted by atomic mass is 127. The second kappa shape index (κ2) is 3.16. The summed E-state index contributed by atoms with van der Waals surface area (Å²) in [5.41, 5.74) is 0.373. The van der Waals surface area contributed by atoms with E-state index in [0.29, 0.717) is 0 Å². The van der Waals surface area contributed by atoms with E-state index in [9.17, 15) is 4.79 Å². The molecule has 0 saturated carbocycles. The van der Waals surface area contributed by atoms with Crippen LogP contribution in [0, 0.1) is 3.57 Å². The average Bonchev–Trinajstić information content (AvgIpc) is 2.31. The first kappa shape index (κ1) is 9.70. The molecule has 0 fully saturated rings. The Labute approximate surface area is 85.3 Å². The van der Waals surface area contributed by atoms with Crippen molar-refractivity contribution in [2.24, 2.45) is 7.05 Å². The summed E-state index contributed by atoms with van der Waals surface area (Å²) >= 11 is 2.19. The number of aldehydes is 1. The largest absolute Gasteiger partial charge is 0.302 e. The molecule has 0 N–H and O–H groups in total. The lowest BCUT2D eigenvalue weighted by molar-refractivity contribution is -0.111. The number of aromatic nitrogens is 2. The fourth-order valence-electron chi connectivity index (χ4n) is 0.952. The van der Waals surface area contributed by atoms with Gasteiger partial charge >= 0.3 is 0 Å². The standard InChI is InChI=1S/C8H11IN2O/c1-8(2,5-12)7-6(9)4-11(3)10-7/h4-5H,1-3H3. The molecule has 0 bridgehead atoms. The molecule has 12 heavy (non-hydrogen) atoms. The van der Waals surface area contributed by atoms with Gasteiger partial charge in [0.25, 0.3) is 0 Å². The molecule has 0 aliphatic carbocycles. The molecule has 1 rings (SSSR count). The van der Waals surface area contributed by atoms with Crippen molar-refractivity contribution in [3.05, 3.63) is 15.5 Å². The topological polar surface area (TPSA) is 34.9 Å². The molecule has 0 atom stereocenters. The maximum atomic E-state index is 10.7. The van der Waals surface area contributed by atoms with E-state index in [4.69, 9.17) is 0 Å². The van der Waals surface area contributed by atoms with Gasteiger partial charge in [-0.2, -0.15) is 5.10 Å². The molecule has 0 amide bonds. The number of aryl methyl sites for hydroxylation is 1. The molecule has 0 aliphatic heterocycles. The van der Waals surface area contributed by atoms with Crippen LogP contribution < -0.4 is 0 Å². The first-order chi connectivity index (χ1) is 5.47. The van der Waals surface area contributed by atoms with Crippen LogP contribution in [0.5, 0.6) is 0 Å². The highest BCUT2D eigenvalue weighted by Gasteiger charge is 2.25. The number of rotatable bonds is 2. The van der Waals surface area contributed by atoms with Crippen molar-refractivity contribution in [1.82, 2.24) is 9.78 Å². The Hall–Kier alpha value is -0.390. The van der Waals surface area contributed by atoms with Gasteiger partial charge in [0.15, 0.2) is 0 Å². The van der Waals surface area contributed by atoms with Crippen LogP contribution >= 0.6 is 22.6 Å². The molecule has 0 aliphatic rings. The lowest BCUT2D eigenvalue weighted by Crippen LogP contribution is -2.20. The minimum Gasteiger partial charge on any atom is -0.302 e. The number of carbonyl (C=O) groups is 1. The van der Waals surface area contributed by atoms with E-state index >= 15 is 0 Å². The van der Waals surface area contributed by atoms with Crippen molar-refractivity contribution >= 4 is 28.9 Å². The van der Waals surface area contributed by atoms with Crippen molar-refractivity contribution < 1.29 is 4.79 Å². The Balaban J connectivity index is 3.18. The van der Waals surface area contributed by atoms with E-state index < -0.39 is 5.41 Å². The summed E-state index contributed by atoms with van der Waals surface area (Å²) < 4.78 is 2.76. The molecule has 1 aromatic rings. The Kier molecular flexibility index (Phi) is 2.55. The van der Waals surface area contributed by atoms with Gasteiger partial charge in [-0.3, -0.25) is 4.68 Å². The normalized spacial score (nSPS) is 11.7. The number of hydrogen-bond donors (Lipinski definition) is 0. The summed E-state index contributed by atoms with van der Waals surface area (Å²) in [6.45, 7) is 3.73. The number of halogens is 1. The summed E-state index contributed by atoms with van der Waals surface area (Å²) in [4.78, 5) is 10.7. The summed E-state index contributed by atoms with van der Waals surface area (Å²) in [7, 11) is 1.85. The van der Waals surface area contributed by atoms with Gasteiger partial charge in [-0.05, 0) is 36.4 Å². The van der Waals surface area contributed by atoms with E-state index in [1.807, 2.05) is 27.1 Å². The van der Waals surface area contributed by atoms with Crippen LogP contribution in [-0.4, -0.2) is 16.1 Å². The predicted octanol–water partition coefficient (Wildman–Crippen LogP) is 1.50. The Bertz CT molecular complexity index is 304. The lowest BCUT2D eigenvalue weighted by atomic mass is 9.92. The molecule has 1 heterocycles. The van der Waals surface area contributed by atoms with E-state index in [2.05, 4.69) is 27.7 Å². The van der Waals surface area contributed by atoms with Gasteiger partial charge in [-0.25, -0.2) is 0 Å². The van der Waals surface area contributed by atoms with Crippen LogP contribution in [0.25, 0.3) is 0 Å². The number of nitrogens with zero attached hydrogens (tertiary/aromatic N) is 2. The highest BCUT2D eigenvalue weighted by Crippen LogP contribution is 2.23. The van der Waals surface area contributed by atoms with Gasteiger partial charge in [0.2, 0.25) is 0 Å². The number of carbonyl (C=O) groups excluding carboxylic acids is 1. The fourth-order valence-corrected chi connectivity index (χ4v) is 2.16. The van der Waals surface area contributed by atoms with Crippen LogP contribution in [0.3, 0.4) is 0 Å².